The summed E-state index contributed by atoms with van der Waals surface area (Å²) in [6.45, 7) is 0. The molecule has 0 unspecified atom stereocenters. The Morgan fingerprint density at radius 3 is 2.43 bits per heavy atom. The van der Waals surface area contributed by atoms with E-state index in [2.05, 4.69) is 10.1 Å². The second-order valence-electron chi connectivity index (χ2n) is 4.84. The molecule has 1 heterocycles. The van der Waals surface area contributed by atoms with E-state index in [1.807, 2.05) is 24.3 Å². The molecule has 23 heavy (non-hydrogen) atoms. The van der Waals surface area contributed by atoms with Gasteiger partial charge in [0.2, 0.25) is 11.7 Å². The van der Waals surface area contributed by atoms with Gasteiger partial charge in [-0.25, -0.2) is 0 Å². The zero-order valence-corrected chi connectivity index (χ0v) is 12.3. The van der Waals surface area contributed by atoms with Crippen molar-refractivity contribution in [2.45, 2.75) is 6.42 Å². The van der Waals surface area contributed by atoms with Gasteiger partial charge < -0.3 is 9.26 Å². The molecule has 0 aliphatic carbocycles. The molecular weight excluding hydrogens is 298 g/mol. The number of non-ortho nitro benzene ring substituents is 1. The Morgan fingerprint density at radius 1 is 1.13 bits per heavy atom. The molecule has 3 aromatic rings. The summed E-state index contributed by atoms with van der Waals surface area (Å²) < 4.78 is 10.3. The van der Waals surface area contributed by atoms with E-state index in [1.165, 1.54) is 12.1 Å². The lowest BCUT2D eigenvalue weighted by Gasteiger charge is -2.00. The zero-order chi connectivity index (χ0) is 16.2. The number of nitro benzene ring substituents is 1. The zero-order valence-electron chi connectivity index (χ0n) is 12.3. The predicted octanol–water partition coefficient (Wildman–Crippen LogP) is 3.24. The molecule has 0 saturated carbocycles. The lowest BCUT2D eigenvalue weighted by molar-refractivity contribution is -0.384. The van der Waals surface area contributed by atoms with E-state index in [1.54, 1.807) is 19.2 Å². The summed E-state index contributed by atoms with van der Waals surface area (Å²) in [5, 5.41) is 14.6. The Labute approximate surface area is 131 Å². The normalized spacial score (nSPS) is 10.5. The third-order valence-electron chi connectivity index (χ3n) is 3.32. The molecule has 116 valence electrons. The first kappa shape index (κ1) is 14.7. The number of hydrogen-bond acceptors (Lipinski definition) is 6. The van der Waals surface area contributed by atoms with Crippen molar-refractivity contribution in [3.05, 3.63) is 70.1 Å². The van der Waals surface area contributed by atoms with Crippen molar-refractivity contribution < 1.29 is 14.2 Å². The minimum atomic E-state index is -0.449. The van der Waals surface area contributed by atoms with Gasteiger partial charge in [0.15, 0.2) is 0 Å². The lowest BCUT2D eigenvalue weighted by Crippen LogP contribution is -1.90. The Bertz CT molecular complexity index is 810. The number of nitro groups is 1. The number of aromatic nitrogens is 2. The van der Waals surface area contributed by atoms with E-state index in [0.29, 0.717) is 23.7 Å². The van der Waals surface area contributed by atoms with Crippen molar-refractivity contribution in [1.29, 1.82) is 0 Å². The van der Waals surface area contributed by atoms with Crippen molar-refractivity contribution in [2.24, 2.45) is 0 Å². The summed E-state index contributed by atoms with van der Waals surface area (Å²) in [4.78, 5) is 14.5. The fraction of sp³-hybridized carbons (Fsp3) is 0.125. The highest BCUT2D eigenvalue weighted by molar-refractivity contribution is 5.56. The maximum Gasteiger partial charge on any atom is 0.269 e. The van der Waals surface area contributed by atoms with Crippen LogP contribution in [0.1, 0.15) is 11.5 Å². The molecular formula is C16H13N3O4. The summed E-state index contributed by atoms with van der Waals surface area (Å²) in [5.41, 5.74) is 1.71. The molecule has 0 bridgehead atoms. The first-order chi connectivity index (χ1) is 11.2. The summed E-state index contributed by atoms with van der Waals surface area (Å²) in [5.74, 6) is 1.66. The predicted molar refractivity (Wildman–Crippen MR) is 82.2 cm³/mol. The average molecular weight is 311 g/mol. The summed E-state index contributed by atoms with van der Waals surface area (Å²) >= 11 is 0. The van der Waals surface area contributed by atoms with Gasteiger partial charge in [-0.1, -0.05) is 17.3 Å². The highest BCUT2D eigenvalue weighted by Gasteiger charge is 2.11. The molecule has 0 aliphatic heterocycles. The van der Waals surface area contributed by atoms with Gasteiger partial charge in [0.1, 0.15) is 5.75 Å². The molecule has 0 amide bonds. The monoisotopic (exact) mass is 311 g/mol. The molecule has 0 spiro atoms. The maximum absolute atomic E-state index is 10.6. The van der Waals surface area contributed by atoms with Crippen LogP contribution in [-0.2, 0) is 6.42 Å². The van der Waals surface area contributed by atoms with Gasteiger partial charge in [-0.2, -0.15) is 4.98 Å². The maximum atomic E-state index is 10.6. The molecule has 3 rings (SSSR count). The Hall–Kier alpha value is -3.22. The molecule has 0 aliphatic rings. The van der Waals surface area contributed by atoms with Gasteiger partial charge in [0.25, 0.3) is 5.69 Å². The van der Waals surface area contributed by atoms with E-state index in [4.69, 9.17) is 9.26 Å². The first-order valence-corrected chi connectivity index (χ1v) is 6.86. The average Bonchev–Trinajstić information content (AvgIpc) is 3.04. The molecule has 7 nitrogen and oxygen atoms in total. The molecule has 7 heteroatoms. The van der Waals surface area contributed by atoms with Crippen LogP contribution in [0, 0.1) is 10.1 Å². The third kappa shape index (κ3) is 3.34. The van der Waals surface area contributed by atoms with E-state index in [-0.39, 0.29) is 5.69 Å². The van der Waals surface area contributed by atoms with E-state index in [0.717, 1.165) is 11.3 Å². The molecule has 0 radical (unpaired) electrons. The SMILES string of the molecule is COc1ccc(Cc2nc(-c3ccc([N+](=O)[O-])cc3)no2)cc1. The minimum Gasteiger partial charge on any atom is -0.497 e. The fourth-order valence-corrected chi connectivity index (χ4v) is 2.09. The number of benzene rings is 2. The van der Waals surface area contributed by atoms with Crippen LogP contribution in [-0.4, -0.2) is 22.2 Å². The van der Waals surface area contributed by atoms with Gasteiger partial charge in [-0.05, 0) is 29.8 Å². The van der Waals surface area contributed by atoms with E-state index < -0.39 is 4.92 Å². The van der Waals surface area contributed by atoms with Crippen LogP contribution in [0.5, 0.6) is 5.75 Å². The smallest absolute Gasteiger partial charge is 0.269 e. The minimum absolute atomic E-state index is 0.0238. The highest BCUT2D eigenvalue weighted by Crippen LogP contribution is 2.21. The van der Waals surface area contributed by atoms with Gasteiger partial charge in [-0.15, -0.1) is 0 Å². The van der Waals surface area contributed by atoms with Crippen LogP contribution in [0.15, 0.2) is 53.1 Å². The van der Waals surface area contributed by atoms with Crippen LogP contribution < -0.4 is 4.74 Å². The number of hydrogen-bond donors (Lipinski definition) is 0. The van der Waals surface area contributed by atoms with Gasteiger partial charge in [0.05, 0.1) is 18.5 Å². The molecule has 2 aromatic carbocycles. The summed E-state index contributed by atoms with van der Waals surface area (Å²) in [6, 6.07) is 13.6. The van der Waals surface area contributed by atoms with Crippen LogP contribution in [0.25, 0.3) is 11.4 Å². The molecule has 0 saturated heterocycles. The number of methoxy groups -OCH3 is 1. The van der Waals surface area contributed by atoms with Crippen LogP contribution in [0.2, 0.25) is 0 Å². The van der Waals surface area contributed by atoms with Crippen molar-refractivity contribution in [3.63, 3.8) is 0 Å². The second kappa shape index (κ2) is 6.27. The number of rotatable bonds is 5. The highest BCUT2D eigenvalue weighted by atomic mass is 16.6. The van der Waals surface area contributed by atoms with Crippen molar-refractivity contribution in [3.8, 4) is 17.1 Å². The largest absolute Gasteiger partial charge is 0.497 e. The van der Waals surface area contributed by atoms with Gasteiger partial charge >= 0.3 is 0 Å². The second-order valence-corrected chi connectivity index (χ2v) is 4.84. The van der Waals surface area contributed by atoms with E-state index in [9.17, 15) is 10.1 Å². The van der Waals surface area contributed by atoms with E-state index >= 15 is 0 Å². The van der Waals surface area contributed by atoms with Crippen molar-refractivity contribution in [1.82, 2.24) is 10.1 Å². The Morgan fingerprint density at radius 2 is 1.83 bits per heavy atom. The van der Waals surface area contributed by atoms with Gasteiger partial charge in [0, 0.05) is 17.7 Å². The molecule has 0 atom stereocenters. The topological polar surface area (TPSA) is 91.3 Å². The Kier molecular flexibility index (Phi) is 4.01. The molecule has 0 fully saturated rings. The quantitative estimate of drug-likeness (QED) is 0.530. The van der Waals surface area contributed by atoms with Crippen LogP contribution >= 0.6 is 0 Å². The van der Waals surface area contributed by atoms with Crippen molar-refractivity contribution >= 4 is 5.69 Å². The van der Waals surface area contributed by atoms with Crippen molar-refractivity contribution in [2.75, 3.05) is 7.11 Å². The summed E-state index contributed by atoms with van der Waals surface area (Å²) in [7, 11) is 1.61. The van der Waals surface area contributed by atoms with Crippen LogP contribution in [0.3, 0.4) is 0 Å². The van der Waals surface area contributed by atoms with Gasteiger partial charge in [-0.3, -0.25) is 10.1 Å². The third-order valence-corrected chi connectivity index (χ3v) is 3.32. The molecule has 0 N–H and O–H groups in total. The lowest BCUT2D eigenvalue weighted by atomic mass is 10.1. The molecule has 1 aromatic heterocycles. The fourth-order valence-electron chi connectivity index (χ4n) is 2.09. The number of ether oxygens (including phenoxy) is 1. The first-order valence-electron chi connectivity index (χ1n) is 6.86. The summed E-state index contributed by atoms with van der Waals surface area (Å²) in [6.07, 6.45) is 0.504. The standard InChI is InChI=1S/C16H13N3O4/c1-22-14-8-2-11(3-9-14)10-15-17-16(18-23-15)12-4-6-13(7-5-12)19(20)21/h2-9H,10H2,1H3. The van der Waals surface area contributed by atoms with Crippen LogP contribution in [0.4, 0.5) is 5.69 Å². The Balaban J connectivity index is 1.75. The number of nitrogens with zero attached hydrogens (tertiary/aromatic N) is 3.